The largest absolute Gasteiger partial charge is 0.466 e. The van der Waals surface area contributed by atoms with E-state index in [1.54, 1.807) is 6.08 Å². The van der Waals surface area contributed by atoms with Crippen LogP contribution in [0, 0.1) is 0 Å². The highest BCUT2D eigenvalue weighted by molar-refractivity contribution is 5.76. The quantitative estimate of drug-likeness (QED) is 0.0244. The summed E-state index contributed by atoms with van der Waals surface area (Å²) in [6.07, 6.45) is 75.8. The van der Waals surface area contributed by atoms with Crippen molar-refractivity contribution < 1.29 is 24.5 Å². The second-order valence-electron chi connectivity index (χ2n) is 21.1. The maximum Gasteiger partial charge on any atom is 0.305 e. The molecule has 410 valence electrons. The van der Waals surface area contributed by atoms with E-state index in [0.717, 1.165) is 77.0 Å². The van der Waals surface area contributed by atoms with E-state index in [0.29, 0.717) is 19.4 Å². The lowest BCUT2D eigenvalue weighted by molar-refractivity contribution is -0.143. The molecule has 0 saturated carbocycles. The van der Waals surface area contributed by atoms with Gasteiger partial charge in [-0.1, -0.05) is 274 Å². The Kier molecular flexibility index (Phi) is 57.5. The number of allylic oxidation sites excluding steroid dienone is 7. The third-order valence-corrected chi connectivity index (χ3v) is 14.1. The third-order valence-electron chi connectivity index (χ3n) is 14.1. The maximum atomic E-state index is 12.5. The van der Waals surface area contributed by atoms with Gasteiger partial charge in [-0.3, -0.25) is 9.59 Å². The van der Waals surface area contributed by atoms with Gasteiger partial charge in [0.1, 0.15) is 0 Å². The van der Waals surface area contributed by atoms with Crippen LogP contribution in [0.2, 0.25) is 0 Å². The van der Waals surface area contributed by atoms with Crippen LogP contribution in [0.3, 0.4) is 0 Å². The third kappa shape index (κ3) is 55.1. The number of hydrogen-bond donors (Lipinski definition) is 3. The van der Waals surface area contributed by atoms with Crippen LogP contribution >= 0.6 is 0 Å². The molecule has 0 aliphatic carbocycles. The number of rotatable bonds is 57. The Morgan fingerprint density at radius 1 is 0.400 bits per heavy atom. The molecule has 70 heavy (non-hydrogen) atoms. The molecule has 0 bridgehead atoms. The topological polar surface area (TPSA) is 95.9 Å². The summed E-state index contributed by atoms with van der Waals surface area (Å²) in [6.45, 7) is 4.84. The number of amides is 1. The van der Waals surface area contributed by atoms with Crippen molar-refractivity contribution in [3.05, 3.63) is 48.6 Å². The van der Waals surface area contributed by atoms with Crippen molar-refractivity contribution in [2.45, 2.75) is 334 Å². The SMILES string of the molecule is CCCC/C=C\CCCCCCCC(=O)OCCCCC/C=C\C=C/CCCCCCCCCCCCC(=O)NC(CO)C(O)/C=C/CCCCCCCCCCCCCCCCCCCCCCC. The molecule has 0 aromatic heterocycles. The maximum absolute atomic E-state index is 12.5. The predicted molar refractivity (Wildman–Crippen MR) is 306 cm³/mol. The van der Waals surface area contributed by atoms with Gasteiger partial charge in [-0.15, -0.1) is 0 Å². The molecule has 0 fully saturated rings. The highest BCUT2D eigenvalue weighted by atomic mass is 16.5. The summed E-state index contributed by atoms with van der Waals surface area (Å²) >= 11 is 0. The first-order valence-electron chi connectivity index (χ1n) is 30.9. The van der Waals surface area contributed by atoms with Gasteiger partial charge in [0.05, 0.1) is 25.4 Å². The molecule has 0 aromatic rings. The van der Waals surface area contributed by atoms with E-state index < -0.39 is 12.1 Å². The molecule has 0 spiro atoms. The molecule has 3 N–H and O–H groups in total. The minimum absolute atomic E-state index is 0.0254. The fourth-order valence-corrected chi connectivity index (χ4v) is 9.31. The number of esters is 1. The van der Waals surface area contributed by atoms with Crippen molar-refractivity contribution >= 4 is 11.9 Å². The molecule has 0 aliphatic heterocycles. The summed E-state index contributed by atoms with van der Waals surface area (Å²) < 4.78 is 5.43. The Hall–Kier alpha value is -2.18. The van der Waals surface area contributed by atoms with Crippen molar-refractivity contribution in [1.82, 2.24) is 5.32 Å². The van der Waals surface area contributed by atoms with Crippen molar-refractivity contribution in [2.24, 2.45) is 0 Å². The molecule has 2 unspecified atom stereocenters. The summed E-state index contributed by atoms with van der Waals surface area (Å²) in [7, 11) is 0. The molecular formula is C64H119NO5. The van der Waals surface area contributed by atoms with Crippen LogP contribution in [0.5, 0.6) is 0 Å². The minimum Gasteiger partial charge on any atom is -0.466 e. The number of unbranched alkanes of at least 4 members (excludes halogenated alkanes) is 41. The highest BCUT2D eigenvalue weighted by Gasteiger charge is 2.18. The van der Waals surface area contributed by atoms with Gasteiger partial charge >= 0.3 is 5.97 Å². The van der Waals surface area contributed by atoms with Crippen LogP contribution in [-0.2, 0) is 14.3 Å². The van der Waals surface area contributed by atoms with Gasteiger partial charge in [0, 0.05) is 12.8 Å². The average Bonchev–Trinajstić information content (AvgIpc) is 3.36. The van der Waals surface area contributed by atoms with E-state index >= 15 is 0 Å². The molecular weight excluding hydrogens is 863 g/mol. The number of aliphatic hydroxyl groups excluding tert-OH is 2. The molecule has 0 aliphatic rings. The highest BCUT2D eigenvalue weighted by Crippen LogP contribution is 2.17. The first-order chi connectivity index (χ1) is 34.5. The normalized spacial score (nSPS) is 12.9. The molecule has 0 saturated heterocycles. The zero-order valence-electron chi connectivity index (χ0n) is 46.7. The van der Waals surface area contributed by atoms with Gasteiger partial charge in [-0.05, 0) is 83.5 Å². The van der Waals surface area contributed by atoms with E-state index in [1.165, 1.54) is 218 Å². The van der Waals surface area contributed by atoms with Crippen LogP contribution in [0.4, 0.5) is 0 Å². The number of carbonyl (C=O) groups is 2. The second kappa shape index (κ2) is 59.4. The van der Waals surface area contributed by atoms with Crippen molar-refractivity contribution in [3.8, 4) is 0 Å². The smallest absolute Gasteiger partial charge is 0.305 e. The van der Waals surface area contributed by atoms with Crippen LogP contribution < -0.4 is 5.32 Å². The molecule has 0 aromatic carbocycles. The van der Waals surface area contributed by atoms with Crippen LogP contribution in [0.1, 0.15) is 322 Å². The first-order valence-corrected chi connectivity index (χ1v) is 30.9. The second-order valence-corrected chi connectivity index (χ2v) is 21.1. The fraction of sp³-hybridized carbons (Fsp3) is 0.844. The molecule has 6 nitrogen and oxygen atoms in total. The monoisotopic (exact) mass is 982 g/mol. The van der Waals surface area contributed by atoms with Gasteiger partial charge in [0.2, 0.25) is 5.91 Å². The van der Waals surface area contributed by atoms with Gasteiger partial charge in [0.25, 0.3) is 0 Å². The number of carbonyl (C=O) groups excluding carboxylic acids is 2. The van der Waals surface area contributed by atoms with E-state index in [1.807, 2.05) is 6.08 Å². The van der Waals surface area contributed by atoms with Crippen LogP contribution in [0.15, 0.2) is 48.6 Å². The molecule has 0 radical (unpaired) electrons. The Morgan fingerprint density at radius 2 is 0.729 bits per heavy atom. The van der Waals surface area contributed by atoms with E-state index in [9.17, 15) is 19.8 Å². The molecule has 6 heteroatoms. The van der Waals surface area contributed by atoms with Crippen LogP contribution in [-0.4, -0.2) is 47.4 Å². The van der Waals surface area contributed by atoms with Crippen molar-refractivity contribution in [1.29, 1.82) is 0 Å². The number of aliphatic hydroxyl groups is 2. The van der Waals surface area contributed by atoms with E-state index in [2.05, 4.69) is 55.6 Å². The molecule has 2 atom stereocenters. The van der Waals surface area contributed by atoms with Gasteiger partial charge in [-0.25, -0.2) is 0 Å². The van der Waals surface area contributed by atoms with Crippen molar-refractivity contribution in [2.75, 3.05) is 13.2 Å². The summed E-state index contributed by atoms with van der Waals surface area (Å²) in [6, 6.07) is -0.638. The average molecular weight is 983 g/mol. The van der Waals surface area contributed by atoms with Gasteiger partial charge in [-0.2, -0.15) is 0 Å². The van der Waals surface area contributed by atoms with Crippen molar-refractivity contribution in [3.63, 3.8) is 0 Å². The summed E-state index contributed by atoms with van der Waals surface area (Å²) in [5.41, 5.74) is 0. The predicted octanol–water partition coefficient (Wildman–Crippen LogP) is 19.4. The zero-order valence-corrected chi connectivity index (χ0v) is 46.7. The lowest BCUT2D eigenvalue weighted by Crippen LogP contribution is -2.45. The summed E-state index contributed by atoms with van der Waals surface area (Å²) in [4.78, 5) is 24.5. The Balaban J connectivity index is 3.52. The van der Waals surface area contributed by atoms with E-state index in [4.69, 9.17) is 4.74 Å². The number of ether oxygens (including phenoxy) is 1. The zero-order chi connectivity index (χ0) is 50.7. The summed E-state index contributed by atoms with van der Waals surface area (Å²) in [5.74, 6) is -0.101. The number of nitrogens with one attached hydrogen (secondary N) is 1. The van der Waals surface area contributed by atoms with Gasteiger partial charge in [0.15, 0.2) is 0 Å². The molecule has 0 heterocycles. The summed E-state index contributed by atoms with van der Waals surface area (Å²) in [5, 5.41) is 23.2. The lowest BCUT2D eigenvalue weighted by Gasteiger charge is -2.20. The minimum atomic E-state index is -0.853. The van der Waals surface area contributed by atoms with Crippen LogP contribution in [0.25, 0.3) is 0 Å². The Morgan fingerprint density at radius 3 is 1.14 bits per heavy atom. The fourth-order valence-electron chi connectivity index (χ4n) is 9.31. The Bertz CT molecular complexity index is 1180. The molecule has 0 rings (SSSR count). The first kappa shape index (κ1) is 67.8. The number of hydrogen-bond acceptors (Lipinski definition) is 5. The van der Waals surface area contributed by atoms with E-state index in [-0.39, 0.29) is 18.5 Å². The lowest BCUT2D eigenvalue weighted by atomic mass is 10.0. The standard InChI is InChI=1S/C64H119NO5/c1-3-5-7-9-11-13-15-16-17-18-19-20-21-22-24-27-30-33-37-40-44-48-52-56-62(67)61(60-66)65-63(68)57-53-49-45-41-38-34-31-28-25-23-26-29-32-35-39-43-47-51-55-59-70-64(69)58-54-50-46-42-36-14-12-10-8-6-4-2/h10,12,29,32,35,39,52,56,61-62,66-67H,3-9,11,13-28,30-31,33-34,36-38,40-51,53-55,57-60H2,1-2H3,(H,65,68)/b12-10-,32-29-,39-35-,56-52+. The Labute approximate surface area is 436 Å². The van der Waals surface area contributed by atoms with Gasteiger partial charge < -0.3 is 20.3 Å². The molecule has 1 amide bonds.